The molecule has 19 heavy (non-hydrogen) atoms. The first-order valence-corrected chi connectivity index (χ1v) is 6.68. The first-order valence-electron chi connectivity index (χ1n) is 5.89. The minimum Gasteiger partial charge on any atom is -0.444 e. The molecular weight excluding hydrogens is 314 g/mol. The summed E-state index contributed by atoms with van der Waals surface area (Å²) in [5.74, 6) is 1.17. The maximum absolute atomic E-state index is 6.13. The van der Waals surface area contributed by atoms with Crippen molar-refractivity contribution in [1.29, 1.82) is 0 Å². The number of nitrogens with two attached hydrogens (primary N) is 1. The van der Waals surface area contributed by atoms with Crippen LogP contribution in [-0.2, 0) is 10.3 Å². The lowest BCUT2D eigenvalue weighted by Gasteiger charge is -2.21. The lowest BCUT2D eigenvalue weighted by Crippen LogP contribution is -2.40. The summed E-state index contributed by atoms with van der Waals surface area (Å²) in [4.78, 5) is 4.25. The molecule has 2 N–H and O–H groups in total. The molecule has 1 atom stereocenters. The average Bonchev–Trinajstić information content (AvgIpc) is 2.94. The minimum atomic E-state index is -0.810. The van der Waals surface area contributed by atoms with Gasteiger partial charge in [-0.1, -0.05) is 5.16 Å². The van der Waals surface area contributed by atoms with E-state index in [0.717, 1.165) is 0 Å². The van der Waals surface area contributed by atoms with Crippen LogP contribution in [0.2, 0.25) is 0 Å². The van der Waals surface area contributed by atoms with E-state index >= 15 is 0 Å². The Labute approximate surface area is 119 Å². The van der Waals surface area contributed by atoms with Gasteiger partial charge in [0.05, 0.1) is 12.7 Å². The molecule has 7 heteroatoms. The van der Waals surface area contributed by atoms with Gasteiger partial charge in [-0.2, -0.15) is 4.98 Å². The van der Waals surface area contributed by atoms with E-state index in [-0.39, 0.29) is 6.10 Å². The van der Waals surface area contributed by atoms with Crippen molar-refractivity contribution < 1.29 is 13.7 Å². The van der Waals surface area contributed by atoms with Gasteiger partial charge in [-0.15, -0.1) is 0 Å². The van der Waals surface area contributed by atoms with E-state index in [9.17, 15) is 0 Å². The number of ether oxygens (including phenoxy) is 1. The number of aromatic nitrogens is 2. The van der Waals surface area contributed by atoms with Crippen molar-refractivity contribution in [3.63, 3.8) is 0 Å². The summed E-state index contributed by atoms with van der Waals surface area (Å²) < 4.78 is 16.6. The van der Waals surface area contributed by atoms with E-state index in [1.165, 1.54) is 0 Å². The monoisotopic (exact) mass is 329 g/mol. The molecule has 0 aliphatic rings. The van der Waals surface area contributed by atoms with Gasteiger partial charge in [-0.05, 0) is 48.8 Å². The molecule has 0 aromatic carbocycles. The molecule has 2 aromatic heterocycles. The fraction of sp³-hybridized carbons (Fsp3) is 0.500. The summed E-state index contributed by atoms with van der Waals surface area (Å²) >= 11 is 3.22. The maximum Gasteiger partial charge on any atom is 0.293 e. The smallest absolute Gasteiger partial charge is 0.293 e. The third-order valence-electron chi connectivity index (χ3n) is 2.44. The zero-order valence-electron chi connectivity index (χ0n) is 11.0. The van der Waals surface area contributed by atoms with Gasteiger partial charge in [0.15, 0.2) is 16.3 Å². The van der Waals surface area contributed by atoms with Gasteiger partial charge in [0.25, 0.3) is 5.89 Å². The molecule has 2 heterocycles. The Kier molecular flexibility index (Phi) is 4.07. The van der Waals surface area contributed by atoms with Gasteiger partial charge >= 0.3 is 0 Å². The SMILES string of the molecule is CC(C)OCC(C)(N)c1noc(-c2ccc(Br)o2)n1. The van der Waals surface area contributed by atoms with Crippen LogP contribution >= 0.6 is 15.9 Å². The van der Waals surface area contributed by atoms with Gasteiger partial charge < -0.3 is 19.4 Å². The van der Waals surface area contributed by atoms with Crippen molar-refractivity contribution in [3.05, 3.63) is 22.6 Å². The number of rotatable bonds is 5. The van der Waals surface area contributed by atoms with Gasteiger partial charge in [0.2, 0.25) is 0 Å². The molecule has 0 spiro atoms. The lowest BCUT2D eigenvalue weighted by molar-refractivity contribution is 0.0410. The first kappa shape index (κ1) is 14.2. The highest BCUT2D eigenvalue weighted by atomic mass is 79.9. The number of furan rings is 1. The van der Waals surface area contributed by atoms with E-state index in [1.807, 2.05) is 13.8 Å². The molecule has 2 rings (SSSR count). The summed E-state index contributed by atoms with van der Waals surface area (Å²) in [6.45, 7) is 5.99. The second-order valence-electron chi connectivity index (χ2n) is 4.80. The van der Waals surface area contributed by atoms with Crippen LogP contribution in [0.3, 0.4) is 0 Å². The maximum atomic E-state index is 6.13. The molecular formula is C12H16BrN3O3. The van der Waals surface area contributed by atoms with Gasteiger partial charge in [0.1, 0.15) is 5.54 Å². The Balaban J connectivity index is 2.16. The highest BCUT2D eigenvalue weighted by Gasteiger charge is 2.29. The quantitative estimate of drug-likeness (QED) is 0.907. The highest BCUT2D eigenvalue weighted by Crippen LogP contribution is 2.25. The van der Waals surface area contributed by atoms with Crippen LogP contribution in [0.1, 0.15) is 26.6 Å². The Morgan fingerprint density at radius 1 is 1.47 bits per heavy atom. The fourth-order valence-corrected chi connectivity index (χ4v) is 1.70. The summed E-state index contributed by atoms with van der Waals surface area (Å²) in [5.41, 5.74) is 5.32. The van der Waals surface area contributed by atoms with E-state index in [4.69, 9.17) is 19.4 Å². The van der Waals surface area contributed by atoms with Crippen LogP contribution in [-0.4, -0.2) is 22.9 Å². The Morgan fingerprint density at radius 3 is 2.79 bits per heavy atom. The van der Waals surface area contributed by atoms with Crippen molar-refractivity contribution in [2.45, 2.75) is 32.4 Å². The van der Waals surface area contributed by atoms with Crippen LogP contribution in [0.4, 0.5) is 0 Å². The zero-order valence-corrected chi connectivity index (χ0v) is 12.6. The molecule has 0 fully saturated rings. The van der Waals surface area contributed by atoms with Crippen molar-refractivity contribution >= 4 is 15.9 Å². The molecule has 104 valence electrons. The lowest BCUT2D eigenvalue weighted by atomic mass is 10.1. The Morgan fingerprint density at radius 2 is 2.21 bits per heavy atom. The second-order valence-corrected chi connectivity index (χ2v) is 5.59. The molecule has 1 unspecified atom stereocenters. The van der Waals surface area contributed by atoms with E-state index in [0.29, 0.717) is 28.8 Å². The third-order valence-corrected chi connectivity index (χ3v) is 2.86. The molecule has 0 saturated heterocycles. The highest BCUT2D eigenvalue weighted by molar-refractivity contribution is 9.10. The number of halogens is 1. The molecule has 0 aliphatic carbocycles. The summed E-state index contributed by atoms with van der Waals surface area (Å²) in [5, 5.41) is 3.89. The van der Waals surface area contributed by atoms with Crippen LogP contribution in [0, 0.1) is 0 Å². The predicted octanol–water partition coefficient (Wildman–Crippen LogP) is 2.69. The largest absolute Gasteiger partial charge is 0.444 e. The predicted molar refractivity (Wildman–Crippen MR) is 72.3 cm³/mol. The Bertz CT molecular complexity index is 548. The molecule has 0 aliphatic heterocycles. The topological polar surface area (TPSA) is 87.3 Å². The average molecular weight is 330 g/mol. The molecule has 2 aromatic rings. The second kappa shape index (κ2) is 5.44. The van der Waals surface area contributed by atoms with Crippen molar-refractivity contribution in [2.75, 3.05) is 6.61 Å². The first-order chi connectivity index (χ1) is 8.88. The molecule has 0 amide bonds. The van der Waals surface area contributed by atoms with E-state index in [2.05, 4.69) is 26.1 Å². The van der Waals surface area contributed by atoms with Crippen molar-refractivity contribution in [3.8, 4) is 11.7 Å². The van der Waals surface area contributed by atoms with Crippen LogP contribution < -0.4 is 5.73 Å². The third kappa shape index (κ3) is 3.43. The standard InChI is InChI=1S/C12H16BrN3O3/c1-7(2)17-6-12(3,14)11-15-10(19-16-11)8-4-5-9(13)18-8/h4-5,7H,6,14H2,1-3H3. The molecule has 6 nitrogen and oxygen atoms in total. The fourth-order valence-electron chi connectivity index (χ4n) is 1.39. The van der Waals surface area contributed by atoms with Crippen LogP contribution in [0.5, 0.6) is 0 Å². The van der Waals surface area contributed by atoms with Gasteiger partial charge in [-0.3, -0.25) is 0 Å². The number of hydrogen-bond donors (Lipinski definition) is 1. The van der Waals surface area contributed by atoms with Gasteiger partial charge in [0, 0.05) is 0 Å². The zero-order chi connectivity index (χ0) is 14.0. The van der Waals surface area contributed by atoms with Crippen molar-refractivity contribution in [2.24, 2.45) is 5.73 Å². The van der Waals surface area contributed by atoms with Crippen molar-refractivity contribution in [1.82, 2.24) is 10.1 Å². The number of nitrogens with zero attached hydrogens (tertiary/aromatic N) is 2. The number of hydrogen-bond acceptors (Lipinski definition) is 6. The van der Waals surface area contributed by atoms with Crippen LogP contribution in [0.25, 0.3) is 11.7 Å². The van der Waals surface area contributed by atoms with E-state index in [1.54, 1.807) is 19.1 Å². The minimum absolute atomic E-state index is 0.0928. The summed E-state index contributed by atoms with van der Waals surface area (Å²) in [6, 6.07) is 3.49. The summed E-state index contributed by atoms with van der Waals surface area (Å²) in [6.07, 6.45) is 0.0928. The van der Waals surface area contributed by atoms with Crippen LogP contribution in [0.15, 0.2) is 25.7 Å². The Hall–Kier alpha value is -1.18. The van der Waals surface area contributed by atoms with E-state index < -0.39 is 5.54 Å². The molecule has 0 radical (unpaired) electrons. The summed E-state index contributed by atoms with van der Waals surface area (Å²) in [7, 11) is 0. The molecule has 0 saturated carbocycles. The molecule has 0 bridgehead atoms. The van der Waals surface area contributed by atoms with Gasteiger partial charge in [-0.25, -0.2) is 0 Å². The normalized spacial score (nSPS) is 14.8.